The van der Waals surface area contributed by atoms with Crippen molar-refractivity contribution in [3.63, 3.8) is 0 Å². The van der Waals surface area contributed by atoms with Crippen molar-refractivity contribution in [2.45, 2.75) is 23.2 Å². The van der Waals surface area contributed by atoms with Gasteiger partial charge in [-0.05, 0) is 52.6 Å². The highest BCUT2D eigenvalue weighted by atomic mass is 35.5. The first-order chi connectivity index (χ1) is 12.7. The van der Waals surface area contributed by atoms with Gasteiger partial charge in [0.25, 0.3) is 0 Å². The van der Waals surface area contributed by atoms with Crippen LogP contribution in [0.4, 0.5) is 0 Å². The van der Waals surface area contributed by atoms with Crippen LogP contribution >= 0.6 is 44.8 Å². The molecule has 0 radical (unpaired) electrons. The van der Waals surface area contributed by atoms with E-state index in [2.05, 4.69) is 15.1 Å². The van der Waals surface area contributed by atoms with Gasteiger partial charge in [-0.2, -0.15) is 0 Å². The molecule has 1 atom stereocenters. The zero-order valence-electron chi connectivity index (χ0n) is 13.8. The van der Waals surface area contributed by atoms with Crippen LogP contribution in [0.3, 0.4) is 0 Å². The molecule has 0 aliphatic carbocycles. The third-order valence-corrected chi connectivity index (χ3v) is 7.34. The molecule has 3 rings (SSSR count). The van der Waals surface area contributed by atoms with E-state index in [1.807, 2.05) is 30.3 Å². The second-order valence-corrected chi connectivity index (χ2v) is 9.05. The van der Waals surface area contributed by atoms with Gasteiger partial charge >= 0.3 is 0 Å². The largest absolute Gasteiger partial charge is 0.299 e. The van der Waals surface area contributed by atoms with Gasteiger partial charge in [-0.15, -0.1) is 10.2 Å². The summed E-state index contributed by atoms with van der Waals surface area (Å²) in [6, 6.07) is 11.5. The van der Waals surface area contributed by atoms with Crippen molar-refractivity contribution in [1.29, 1.82) is 0 Å². The van der Waals surface area contributed by atoms with Crippen molar-refractivity contribution in [2.24, 2.45) is 0 Å². The lowest BCUT2D eigenvalue weighted by molar-refractivity contribution is -0.104. The third kappa shape index (κ3) is 5.47. The average Bonchev–Trinajstić information content (AvgIpc) is 2.65. The summed E-state index contributed by atoms with van der Waals surface area (Å²) in [7, 11) is 3.27. The molecule has 8 heteroatoms. The van der Waals surface area contributed by atoms with Gasteiger partial charge in [-0.3, -0.25) is 9.69 Å². The van der Waals surface area contributed by atoms with Crippen LogP contribution in [-0.4, -0.2) is 39.7 Å². The lowest BCUT2D eigenvalue weighted by Gasteiger charge is -2.33. The van der Waals surface area contributed by atoms with Crippen LogP contribution < -0.4 is 0 Å². The molecular weight excluding hydrogens is 409 g/mol. The Bertz CT molecular complexity index is 786. The molecule has 0 bridgehead atoms. The summed E-state index contributed by atoms with van der Waals surface area (Å²) >= 11 is 12.0. The van der Waals surface area contributed by atoms with Crippen LogP contribution in [0.15, 0.2) is 53.1 Å². The van der Waals surface area contributed by atoms with Crippen LogP contribution in [0.5, 0.6) is 0 Å². The molecule has 0 spiro atoms. The molecule has 0 saturated carbocycles. The van der Waals surface area contributed by atoms with Gasteiger partial charge in [0.05, 0.1) is 0 Å². The Labute approximate surface area is 170 Å². The van der Waals surface area contributed by atoms with E-state index in [9.17, 15) is 4.79 Å². The van der Waals surface area contributed by atoms with E-state index in [4.69, 9.17) is 23.2 Å². The van der Waals surface area contributed by atoms with Gasteiger partial charge in [-0.25, -0.2) is 0 Å². The number of allylic oxidation sites excluding steroid dienone is 1. The zero-order valence-corrected chi connectivity index (χ0v) is 17.0. The first-order valence-corrected chi connectivity index (χ1v) is 11.0. The Morgan fingerprint density at radius 2 is 2.04 bits per heavy atom. The first kappa shape index (κ1) is 19.7. The fourth-order valence-electron chi connectivity index (χ4n) is 2.74. The van der Waals surface area contributed by atoms with Gasteiger partial charge in [0.1, 0.15) is 11.3 Å². The molecule has 1 fully saturated rings. The van der Waals surface area contributed by atoms with Crippen LogP contribution in [0.1, 0.15) is 12.0 Å². The summed E-state index contributed by atoms with van der Waals surface area (Å²) in [5, 5.41) is 10.2. The normalized spacial score (nSPS) is 19.6. The number of piperidine rings is 1. The maximum atomic E-state index is 11.1. The van der Waals surface area contributed by atoms with Crippen molar-refractivity contribution in [2.75, 3.05) is 13.1 Å². The molecule has 2 heterocycles. The Kier molecular flexibility index (Phi) is 7.40. The van der Waals surface area contributed by atoms with Gasteiger partial charge in [0.2, 0.25) is 0 Å². The Morgan fingerprint density at radius 1 is 1.19 bits per heavy atom. The summed E-state index contributed by atoms with van der Waals surface area (Å²) in [6.07, 6.45) is 3.52. The van der Waals surface area contributed by atoms with E-state index >= 15 is 0 Å². The predicted molar refractivity (Wildman–Crippen MR) is 110 cm³/mol. The zero-order chi connectivity index (χ0) is 18.4. The van der Waals surface area contributed by atoms with Crippen LogP contribution in [0.25, 0.3) is 0 Å². The maximum absolute atomic E-state index is 11.1. The van der Waals surface area contributed by atoms with Crippen molar-refractivity contribution in [3.05, 3.63) is 63.8 Å². The molecule has 26 heavy (non-hydrogen) atoms. The van der Waals surface area contributed by atoms with E-state index in [0.29, 0.717) is 5.15 Å². The fourth-order valence-corrected chi connectivity index (χ4v) is 5.50. The molecule has 136 valence electrons. The molecule has 2 aromatic rings. The van der Waals surface area contributed by atoms with Gasteiger partial charge < -0.3 is 0 Å². The highest BCUT2D eigenvalue weighted by molar-refractivity contribution is 8.77. The van der Waals surface area contributed by atoms with Crippen molar-refractivity contribution < 1.29 is 4.79 Å². The minimum atomic E-state index is 0.269. The highest BCUT2D eigenvalue weighted by Crippen LogP contribution is 2.39. The smallest absolute Gasteiger partial charge is 0.151 e. The summed E-state index contributed by atoms with van der Waals surface area (Å²) < 4.78 is 0. The number of carbonyl (C=O) groups is 1. The number of hydrogen-bond donors (Lipinski definition) is 0. The number of halogens is 2. The minimum Gasteiger partial charge on any atom is -0.299 e. The Balaban J connectivity index is 1.61. The molecule has 1 saturated heterocycles. The molecule has 1 aromatic heterocycles. The molecule has 1 aliphatic rings. The van der Waals surface area contributed by atoms with Crippen LogP contribution in [0.2, 0.25) is 10.2 Å². The third-order valence-electron chi connectivity index (χ3n) is 4.02. The minimum absolute atomic E-state index is 0.269. The highest BCUT2D eigenvalue weighted by Gasteiger charge is 2.25. The fraction of sp³-hybridized carbons (Fsp3) is 0.278. The molecule has 1 aliphatic heterocycles. The first-order valence-electron chi connectivity index (χ1n) is 8.08. The SMILES string of the molecule is O=C/C=C1/CN(Cc2ccccc2Cl)CCC1SSc1ccc(Cl)nn1. The number of nitrogens with zero attached hydrogens (tertiary/aromatic N) is 3. The maximum Gasteiger partial charge on any atom is 0.151 e. The quantitative estimate of drug-likeness (QED) is 0.371. The van der Waals surface area contributed by atoms with Crippen LogP contribution in [-0.2, 0) is 11.3 Å². The van der Waals surface area contributed by atoms with E-state index in [1.165, 1.54) is 0 Å². The second kappa shape index (κ2) is 9.76. The topological polar surface area (TPSA) is 46.1 Å². The number of aldehydes is 1. The Hall–Kier alpha value is -1.05. The predicted octanol–water partition coefficient (Wildman–Crippen LogP) is 4.92. The molecule has 0 amide bonds. The monoisotopic (exact) mass is 425 g/mol. The van der Waals surface area contributed by atoms with Crippen molar-refractivity contribution in [1.82, 2.24) is 15.1 Å². The van der Waals surface area contributed by atoms with E-state index in [0.717, 1.165) is 53.5 Å². The second-order valence-electron chi connectivity index (χ2n) is 5.83. The van der Waals surface area contributed by atoms with Gasteiger partial charge in [0.15, 0.2) is 5.15 Å². The van der Waals surface area contributed by atoms with Crippen molar-refractivity contribution >= 4 is 51.1 Å². The lowest BCUT2D eigenvalue weighted by atomic mass is 10.0. The average molecular weight is 426 g/mol. The molecule has 1 unspecified atom stereocenters. The number of benzene rings is 1. The van der Waals surface area contributed by atoms with Gasteiger partial charge in [-0.1, -0.05) is 52.2 Å². The number of aromatic nitrogens is 2. The van der Waals surface area contributed by atoms with E-state index < -0.39 is 0 Å². The number of rotatable bonds is 6. The number of carbonyl (C=O) groups excluding carboxylic acids is 1. The van der Waals surface area contributed by atoms with Gasteiger partial charge in [0, 0.05) is 29.9 Å². The van der Waals surface area contributed by atoms with Crippen molar-refractivity contribution in [3.8, 4) is 0 Å². The molecular formula is C18H17Cl2N3OS2. The van der Waals surface area contributed by atoms with Crippen LogP contribution in [0, 0.1) is 0 Å². The summed E-state index contributed by atoms with van der Waals surface area (Å²) in [6.45, 7) is 2.49. The molecule has 0 N–H and O–H groups in total. The number of hydrogen-bond acceptors (Lipinski definition) is 6. The Morgan fingerprint density at radius 3 is 2.77 bits per heavy atom. The molecule has 1 aromatic carbocycles. The summed E-state index contributed by atoms with van der Waals surface area (Å²) in [5.41, 5.74) is 2.23. The number of likely N-dealkylation sites (tertiary alicyclic amines) is 1. The summed E-state index contributed by atoms with van der Waals surface area (Å²) in [4.78, 5) is 13.4. The van der Waals surface area contributed by atoms with E-state index in [-0.39, 0.29) is 5.25 Å². The standard InChI is InChI=1S/C18H17Cl2N3OS2/c19-15-4-2-1-3-13(15)11-23-9-7-16(14(12-23)8-10-24)25-26-18-6-5-17(20)21-22-18/h1-6,8,10,16H,7,9,11-12H2/b14-8-. The summed E-state index contributed by atoms with van der Waals surface area (Å²) in [5.74, 6) is 0. The molecule has 4 nitrogen and oxygen atoms in total. The van der Waals surface area contributed by atoms with E-state index in [1.54, 1.807) is 33.7 Å². The lowest BCUT2D eigenvalue weighted by Crippen LogP contribution is -2.36.